The lowest BCUT2D eigenvalue weighted by Crippen LogP contribution is -2.28. The highest BCUT2D eigenvalue weighted by molar-refractivity contribution is 8.19. The molecule has 9 heteroatoms. The Morgan fingerprint density at radius 2 is 1.97 bits per heavy atom. The fraction of sp³-hybridized carbons (Fsp3) is 0.150. The van der Waals surface area contributed by atoms with Crippen LogP contribution in [0.3, 0.4) is 0 Å². The molecule has 1 fully saturated rings. The summed E-state index contributed by atoms with van der Waals surface area (Å²) < 4.78 is 4.93. The molecule has 2 aromatic rings. The Morgan fingerprint density at radius 1 is 1.28 bits per heavy atom. The predicted octanol–water partition coefficient (Wildman–Crippen LogP) is 4.14. The first kappa shape index (κ1) is 20.3. The quantitative estimate of drug-likeness (QED) is 0.342. The van der Waals surface area contributed by atoms with Gasteiger partial charge in [-0.05, 0) is 61.5 Å². The first-order chi connectivity index (χ1) is 13.8. The number of ether oxygens (including phenoxy) is 1. The van der Waals surface area contributed by atoms with Crippen molar-refractivity contribution in [1.82, 2.24) is 0 Å². The number of carbonyl (C=O) groups excluding carboxylic acids is 2. The minimum absolute atomic E-state index is 0.00625. The number of aryl methyl sites for hydroxylation is 1. The molecular formula is C20H17N3O5S. The average Bonchev–Trinajstić information content (AvgIpc) is 2.96. The number of esters is 1. The minimum Gasteiger partial charge on any atom is -0.462 e. The molecule has 0 atom stereocenters. The number of anilines is 1. The normalized spacial score (nSPS) is 15.1. The summed E-state index contributed by atoms with van der Waals surface area (Å²) >= 11 is 0.968. The minimum atomic E-state index is -0.472. The maximum Gasteiger partial charge on any atom is 0.338 e. The van der Waals surface area contributed by atoms with Crippen molar-refractivity contribution in [3.63, 3.8) is 0 Å². The Bertz CT molecular complexity index is 1050. The van der Waals surface area contributed by atoms with Crippen LogP contribution in [0, 0.1) is 22.4 Å². The third-order valence-electron chi connectivity index (χ3n) is 4.19. The molecule has 0 saturated carbocycles. The number of benzene rings is 2. The molecule has 8 nitrogen and oxygen atoms in total. The zero-order chi connectivity index (χ0) is 21.1. The van der Waals surface area contributed by atoms with Crippen LogP contribution in [0.5, 0.6) is 0 Å². The Kier molecular flexibility index (Phi) is 5.79. The number of amides is 1. The van der Waals surface area contributed by atoms with Crippen LogP contribution in [0.2, 0.25) is 0 Å². The van der Waals surface area contributed by atoms with Crippen LogP contribution in [-0.4, -0.2) is 28.6 Å². The molecule has 0 radical (unpaired) electrons. The molecule has 1 aliphatic heterocycles. The van der Waals surface area contributed by atoms with E-state index < -0.39 is 16.8 Å². The number of hydrogen-bond acceptors (Lipinski definition) is 7. The van der Waals surface area contributed by atoms with Gasteiger partial charge in [-0.25, -0.2) is 4.79 Å². The van der Waals surface area contributed by atoms with Crippen molar-refractivity contribution in [3.05, 3.63) is 74.2 Å². The third-order valence-corrected chi connectivity index (χ3v) is 5.08. The van der Waals surface area contributed by atoms with Crippen molar-refractivity contribution in [1.29, 1.82) is 5.41 Å². The van der Waals surface area contributed by atoms with Gasteiger partial charge in [-0.2, -0.15) is 0 Å². The van der Waals surface area contributed by atoms with Crippen LogP contribution in [0.15, 0.2) is 47.4 Å². The molecule has 0 unspecified atom stereocenters. The first-order valence-electron chi connectivity index (χ1n) is 8.66. The van der Waals surface area contributed by atoms with Gasteiger partial charge in [-0.3, -0.25) is 25.2 Å². The number of nitrogens with one attached hydrogen (secondary N) is 1. The highest BCUT2D eigenvalue weighted by Gasteiger charge is 2.33. The van der Waals surface area contributed by atoms with Crippen LogP contribution in [0.25, 0.3) is 6.08 Å². The molecule has 1 aliphatic rings. The van der Waals surface area contributed by atoms with E-state index in [1.165, 1.54) is 29.2 Å². The molecule has 1 saturated heterocycles. The summed E-state index contributed by atoms with van der Waals surface area (Å²) in [5.41, 5.74) is 1.79. The average molecular weight is 411 g/mol. The van der Waals surface area contributed by atoms with E-state index >= 15 is 0 Å². The molecule has 1 amide bonds. The standard InChI is InChI=1S/C20H17N3O5S/c1-3-28-19(25)14-6-8-15(9-7-14)22-18(24)17(29-20(22)21)11-13-5-4-12(2)16(10-13)23(26)27/h4-11,21H,3H2,1-2H3/b17-11-,21-20?. The van der Waals surface area contributed by atoms with Gasteiger partial charge in [-0.1, -0.05) is 12.1 Å². The number of nitrogens with zero attached hydrogens (tertiary/aromatic N) is 2. The lowest BCUT2D eigenvalue weighted by Gasteiger charge is -2.14. The summed E-state index contributed by atoms with van der Waals surface area (Å²) in [5.74, 6) is -0.870. The highest BCUT2D eigenvalue weighted by Crippen LogP contribution is 2.35. The predicted molar refractivity (Wildman–Crippen MR) is 111 cm³/mol. The van der Waals surface area contributed by atoms with Crippen molar-refractivity contribution < 1.29 is 19.2 Å². The van der Waals surface area contributed by atoms with E-state index in [0.29, 0.717) is 22.4 Å². The highest BCUT2D eigenvalue weighted by atomic mass is 32.2. The summed E-state index contributed by atoms with van der Waals surface area (Å²) in [6.45, 7) is 3.62. The first-order valence-corrected chi connectivity index (χ1v) is 9.48. The SMILES string of the molecule is CCOC(=O)c1ccc(N2C(=N)S/C(=C\c3ccc(C)c([N+](=O)[O-])c3)C2=O)cc1. The monoisotopic (exact) mass is 411 g/mol. The van der Waals surface area contributed by atoms with Gasteiger partial charge in [0.2, 0.25) is 0 Å². The Hall–Kier alpha value is -3.46. The smallest absolute Gasteiger partial charge is 0.338 e. The van der Waals surface area contributed by atoms with Crippen LogP contribution in [0.4, 0.5) is 11.4 Å². The molecule has 3 rings (SSSR count). The number of rotatable bonds is 5. The maximum atomic E-state index is 12.8. The Labute approximate surface area is 170 Å². The number of hydrogen-bond donors (Lipinski definition) is 1. The number of nitro benzene ring substituents is 1. The molecule has 148 valence electrons. The summed E-state index contributed by atoms with van der Waals surface area (Å²) in [4.78, 5) is 36.7. The molecule has 0 spiro atoms. The zero-order valence-corrected chi connectivity index (χ0v) is 16.5. The van der Waals surface area contributed by atoms with Gasteiger partial charge >= 0.3 is 5.97 Å². The fourth-order valence-corrected chi connectivity index (χ4v) is 3.61. The topological polar surface area (TPSA) is 114 Å². The van der Waals surface area contributed by atoms with Gasteiger partial charge in [-0.15, -0.1) is 0 Å². The summed E-state index contributed by atoms with van der Waals surface area (Å²) in [5, 5.41) is 19.3. The summed E-state index contributed by atoms with van der Waals surface area (Å²) in [6, 6.07) is 10.9. The van der Waals surface area contributed by atoms with E-state index in [0.717, 1.165) is 11.8 Å². The van der Waals surface area contributed by atoms with Gasteiger partial charge in [0.1, 0.15) is 0 Å². The number of nitro groups is 1. The molecule has 29 heavy (non-hydrogen) atoms. The second-order valence-electron chi connectivity index (χ2n) is 6.13. The van der Waals surface area contributed by atoms with Crippen LogP contribution in [-0.2, 0) is 9.53 Å². The van der Waals surface area contributed by atoms with Gasteiger partial charge in [0, 0.05) is 11.6 Å². The summed E-state index contributed by atoms with van der Waals surface area (Å²) in [6.07, 6.45) is 1.53. The van der Waals surface area contributed by atoms with Crippen molar-refractivity contribution in [2.75, 3.05) is 11.5 Å². The number of carbonyl (C=O) groups is 2. The molecule has 2 aromatic carbocycles. The van der Waals surface area contributed by atoms with Gasteiger partial charge in [0.05, 0.1) is 27.7 Å². The van der Waals surface area contributed by atoms with E-state index in [1.54, 1.807) is 38.1 Å². The number of amidine groups is 1. The third kappa shape index (κ3) is 4.19. The van der Waals surface area contributed by atoms with Crippen molar-refractivity contribution in [3.8, 4) is 0 Å². The largest absolute Gasteiger partial charge is 0.462 e. The van der Waals surface area contributed by atoms with Crippen LogP contribution < -0.4 is 4.90 Å². The van der Waals surface area contributed by atoms with Crippen LogP contribution in [0.1, 0.15) is 28.4 Å². The lowest BCUT2D eigenvalue weighted by molar-refractivity contribution is -0.385. The lowest BCUT2D eigenvalue weighted by atomic mass is 10.1. The van der Waals surface area contributed by atoms with Crippen molar-refractivity contribution in [2.24, 2.45) is 0 Å². The molecule has 0 aromatic heterocycles. The van der Waals surface area contributed by atoms with E-state index in [4.69, 9.17) is 10.1 Å². The molecule has 0 bridgehead atoms. The molecule has 1 N–H and O–H groups in total. The van der Waals surface area contributed by atoms with Crippen molar-refractivity contribution in [2.45, 2.75) is 13.8 Å². The van der Waals surface area contributed by atoms with E-state index in [9.17, 15) is 19.7 Å². The van der Waals surface area contributed by atoms with E-state index in [2.05, 4.69) is 0 Å². The van der Waals surface area contributed by atoms with Gasteiger partial charge in [0.25, 0.3) is 11.6 Å². The Balaban J connectivity index is 1.86. The molecule has 1 heterocycles. The maximum absolute atomic E-state index is 12.8. The Morgan fingerprint density at radius 3 is 2.59 bits per heavy atom. The summed E-state index contributed by atoms with van der Waals surface area (Å²) in [7, 11) is 0. The van der Waals surface area contributed by atoms with Crippen LogP contribution >= 0.6 is 11.8 Å². The van der Waals surface area contributed by atoms with Crippen molar-refractivity contribution >= 4 is 46.3 Å². The second kappa shape index (κ2) is 8.27. The van der Waals surface area contributed by atoms with Gasteiger partial charge < -0.3 is 4.74 Å². The van der Waals surface area contributed by atoms with E-state index in [-0.39, 0.29) is 22.4 Å². The fourth-order valence-electron chi connectivity index (χ4n) is 2.75. The van der Waals surface area contributed by atoms with E-state index in [1.807, 2.05) is 0 Å². The zero-order valence-electron chi connectivity index (χ0n) is 15.7. The molecule has 0 aliphatic carbocycles. The number of thioether (sulfide) groups is 1. The van der Waals surface area contributed by atoms with Gasteiger partial charge in [0.15, 0.2) is 5.17 Å². The molecular weight excluding hydrogens is 394 g/mol. The second-order valence-corrected chi connectivity index (χ2v) is 7.16.